The van der Waals surface area contributed by atoms with E-state index in [-0.39, 0.29) is 0 Å². The third-order valence-corrected chi connectivity index (χ3v) is 4.86. The second-order valence-electron chi connectivity index (χ2n) is 6.59. The van der Waals surface area contributed by atoms with Gasteiger partial charge in [-0.15, -0.1) is 0 Å². The molecule has 0 bridgehead atoms. The van der Waals surface area contributed by atoms with Crippen LogP contribution in [-0.4, -0.2) is 34.7 Å². The van der Waals surface area contributed by atoms with E-state index >= 15 is 0 Å². The molecular weight excluding hydrogens is 286 g/mol. The summed E-state index contributed by atoms with van der Waals surface area (Å²) < 4.78 is 7.44. The van der Waals surface area contributed by atoms with E-state index in [2.05, 4.69) is 39.7 Å². The molecule has 0 amide bonds. The lowest BCUT2D eigenvalue weighted by Gasteiger charge is -2.32. The molecule has 124 valence electrons. The van der Waals surface area contributed by atoms with Crippen molar-refractivity contribution in [3.63, 3.8) is 0 Å². The molecule has 1 unspecified atom stereocenters. The lowest BCUT2D eigenvalue weighted by atomic mass is 9.91. The molecule has 4 heteroatoms. The molecular formula is C19H27N3O. The number of benzene rings is 1. The van der Waals surface area contributed by atoms with Crippen LogP contribution in [0.15, 0.2) is 36.7 Å². The van der Waals surface area contributed by atoms with Crippen molar-refractivity contribution in [3.05, 3.63) is 48.0 Å². The van der Waals surface area contributed by atoms with Gasteiger partial charge in [-0.05, 0) is 55.8 Å². The topological polar surface area (TPSA) is 30.3 Å². The van der Waals surface area contributed by atoms with E-state index in [1.165, 1.54) is 43.7 Å². The fourth-order valence-corrected chi connectivity index (χ4v) is 3.48. The summed E-state index contributed by atoms with van der Waals surface area (Å²) >= 11 is 0. The monoisotopic (exact) mass is 313 g/mol. The molecule has 2 aromatic rings. The standard InChI is InChI=1S/C19H27N3O/c1-21-12-10-20-19(21)15-22-11-4-6-17(14-22)9-8-16-5-3-7-18(13-16)23-2/h3,5,7,10,12-13,17H,4,6,8-9,11,14-15H2,1-2H3. The van der Waals surface area contributed by atoms with Crippen molar-refractivity contribution in [3.8, 4) is 5.75 Å². The van der Waals surface area contributed by atoms with Crippen molar-refractivity contribution in [2.75, 3.05) is 20.2 Å². The van der Waals surface area contributed by atoms with Gasteiger partial charge < -0.3 is 9.30 Å². The van der Waals surface area contributed by atoms with Crippen LogP contribution in [0.25, 0.3) is 0 Å². The molecule has 4 nitrogen and oxygen atoms in total. The number of ether oxygens (including phenoxy) is 1. The van der Waals surface area contributed by atoms with Crippen molar-refractivity contribution in [1.82, 2.24) is 14.5 Å². The number of rotatable bonds is 6. The maximum atomic E-state index is 5.32. The number of hydrogen-bond acceptors (Lipinski definition) is 3. The molecule has 1 atom stereocenters. The number of methoxy groups -OCH3 is 1. The van der Waals surface area contributed by atoms with Crippen molar-refractivity contribution in [2.45, 2.75) is 32.2 Å². The molecule has 0 spiro atoms. The normalized spacial score (nSPS) is 19.0. The molecule has 0 radical (unpaired) electrons. The van der Waals surface area contributed by atoms with Crippen LogP contribution in [0.5, 0.6) is 5.75 Å². The Morgan fingerprint density at radius 1 is 1.35 bits per heavy atom. The maximum absolute atomic E-state index is 5.32. The van der Waals surface area contributed by atoms with E-state index in [0.29, 0.717) is 0 Å². The summed E-state index contributed by atoms with van der Waals surface area (Å²) in [5.41, 5.74) is 1.38. The first-order valence-electron chi connectivity index (χ1n) is 8.56. The van der Waals surface area contributed by atoms with E-state index < -0.39 is 0 Å². The summed E-state index contributed by atoms with van der Waals surface area (Å²) in [6.45, 7) is 3.36. The maximum Gasteiger partial charge on any atom is 0.122 e. The summed E-state index contributed by atoms with van der Waals surface area (Å²) in [6, 6.07) is 8.46. The number of hydrogen-bond donors (Lipinski definition) is 0. The molecule has 1 fully saturated rings. The molecule has 0 saturated carbocycles. The Balaban J connectivity index is 1.51. The Morgan fingerprint density at radius 3 is 3.04 bits per heavy atom. The van der Waals surface area contributed by atoms with E-state index in [1.807, 2.05) is 18.5 Å². The predicted octanol–water partition coefficient (Wildman–Crippen LogP) is 3.27. The first-order chi connectivity index (χ1) is 11.2. The fourth-order valence-electron chi connectivity index (χ4n) is 3.48. The van der Waals surface area contributed by atoms with Gasteiger partial charge in [0.15, 0.2) is 0 Å². The third kappa shape index (κ3) is 4.35. The van der Waals surface area contributed by atoms with E-state index in [4.69, 9.17) is 4.74 Å². The van der Waals surface area contributed by atoms with Crippen LogP contribution < -0.4 is 4.74 Å². The summed E-state index contributed by atoms with van der Waals surface area (Å²) in [4.78, 5) is 7.01. The van der Waals surface area contributed by atoms with Gasteiger partial charge in [-0.25, -0.2) is 4.98 Å². The van der Waals surface area contributed by atoms with E-state index in [0.717, 1.165) is 24.6 Å². The van der Waals surface area contributed by atoms with Crippen molar-refractivity contribution in [1.29, 1.82) is 0 Å². The minimum atomic E-state index is 0.787. The lowest BCUT2D eigenvalue weighted by molar-refractivity contribution is 0.157. The molecule has 2 heterocycles. The van der Waals surface area contributed by atoms with E-state index in [1.54, 1.807) is 7.11 Å². The van der Waals surface area contributed by atoms with Gasteiger partial charge in [0.2, 0.25) is 0 Å². The zero-order valence-corrected chi connectivity index (χ0v) is 14.2. The lowest BCUT2D eigenvalue weighted by Crippen LogP contribution is -2.35. The highest BCUT2D eigenvalue weighted by molar-refractivity contribution is 5.28. The first-order valence-corrected chi connectivity index (χ1v) is 8.56. The largest absolute Gasteiger partial charge is 0.497 e. The van der Waals surface area contributed by atoms with Crippen molar-refractivity contribution in [2.24, 2.45) is 13.0 Å². The molecule has 0 N–H and O–H groups in total. The van der Waals surface area contributed by atoms with Gasteiger partial charge in [-0.3, -0.25) is 4.90 Å². The number of aromatic nitrogens is 2. The predicted molar refractivity (Wildman–Crippen MR) is 92.5 cm³/mol. The highest BCUT2D eigenvalue weighted by atomic mass is 16.5. The van der Waals surface area contributed by atoms with E-state index in [9.17, 15) is 0 Å². The first kappa shape index (κ1) is 16.1. The number of piperidine rings is 1. The SMILES string of the molecule is COc1cccc(CCC2CCCN(Cc3nccn3C)C2)c1. The number of nitrogens with zero attached hydrogens (tertiary/aromatic N) is 3. The van der Waals surface area contributed by atoms with Gasteiger partial charge in [0, 0.05) is 26.0 Å². The smallest absolute Gasteiger partial charge is 0.122 e. The minimum Gasteiger partial charge on any atom is -0.497 e. The Hall–Kier alpha value is -1.81. The summed E-state index contributed by atoms with van der Waals surface area (Å²) in [6.07, 6.45) is 8.95. The fraction of sp³-hybridized carbons (Fsp3) is 0.526. The summed E-state index contributed by atoms with van der Waals surface area (Å²) in [5.74, 6) is 2.91. The van der Waals surface area contributed by atoms with Crippen LogP contribution in [-0.2, 0) is 20.0 Å². The molecule has 1 aromatic carbocycles. The Bertz CT molecular complexity index is 623. The summed E-state index contributed by atoms with van der Waals surface area (Å²) in [7, 11) is 3.81. The molecule has 3 rings (SSSR count). The minimum absolute atomic E-state index is 0.787. The van der Waals surface area contributed by atoms with Gasteiger partial charge >= 0.3 is 0 Å². The molecule has 0 aliphatic carbocycles. The Labute approximate surface area is 139 Å². The molecule has 1 aliphatic heterocycles. The van der Waals surface area contributed by atoms with Crippen LogP contribution in [0, 0.1) is 5.92 Å². The van der Waals surface area contributed by atoms with Gasteiger partial charge in [0.1, 0.15) is 11.6 Å². The number of likely N-dealkylation sites (tertiary alicyclic amines) is 1. The van der Waals surface area contributed by atoms with Crippen LogP contribution >= 0.6 is 0 Å². The van der Waals surface area contributed by atoms with Crippen LogP contribution in [0.4, 0.5) is 0 Å². The second kappa shape index (κ2) is 7.64. The van der Waals surface area contributed by atoms with Crippen LogP contribution in [0.2, 0.25) is 0 Å². The number of aryl methyl sites for hydroxylation is 2. The molecule has 23 heavy (non-hydrogen) atoms. The Kier molecular flexibility index (Phi) is 5.34. The quantitative estimate of drug-likeness (QED) is 0.820. The zero-order valence-electron chi connectivity index (χ0n) is 14.2. The van der Waals surface area contributed by atoms with Crippen molar-refractivity contribution >= 4 is 0 Å². The van der Waals surface area contributed by atoms with Crippen molar-refractivity contribution < 1.29 is 4.74 Å². The van der Waals surface area contributed by atoms with Crippen LogP contribution in [0.1, 0.15) is 30.7 Å². The average molecular weight is 313 g/mol. The highest BCUT2D eigenvalue weighted by Crippen LogP contribution is 2.23. The van der Waals surface area contributed by atoms with Gasteiger partial charge in [0.05, 0.1) is 13.7 Å². The van der Waals surface area contributed by atoms with Gasteiger partial charge in [-0.2, -0.15) is 0 Å². The third-order valence-electron chi connectivity index (χ3n) is 4.86. The Morgan fingerprint density at radius 2 is 2.26 bits per heavy atom. The highest BCUT2D eigenvalue weighted by Gasteiger charge is 2.20. The van der Waals surface area contributed by atoms with Gasteiger partial charge in [0.25, 0.3) is 0 Å². The van der Waals surface area contributed by atoms with Gasteiger partial charge in [-0.1, -0.05) is 12.1 Å². The molecule has 1 aliphatic rings. The molecule has 1 aromatic heterocycles. The van der Waals surface area contributed by atoms with Crippen LogP contribution in [0.3, 0.4) is 0 Å². The summed E-state index contributed by atoms with van der Waals surface area (Å²) in [5, 5.41) is 0. The zero-order chi connectivity index (χ0) is 16.1. The number of imidazole rings is 1. The molecule has 1 saturated heterocycles. The second-order valence-corrected chi connectivity index (χ2v) is 6.59. The average Bonchev–Trinajstić information content (AvgIpc) is 2.98.